The van der Waals surface area contributed by atoms with Gasteiger partial charge in [-0.3, -0.25) is 4.79 Å². The number of rotatable bonds is 3. The maximum absolute atomic E-state index is 11.0. The lowest BCUT2D eigenvalue weighted by atomic mass is 10.2. The smallest absolute Gasteiger partial charge is 0.319 e. The van der Waals surface area contributed by atoms with E-state index in [0.717, 1.165) is 10.4 Å². The van der Waals surface area contributed by atoms with Gasteiger partial charge in [0.05, 0.1) is 0 Å². The van der Waals surface area contributed by atoms with E-state index in [1.54, 1.807) is 20.8 Å². The zero-order valence-electron chi connectivity index (χ0n) is 9.85. The molecule has 1 heterocycles. The minimum atomic E-state index is -0.858. The van der Waals surface area contributed by atoms with Crippen molar-refractivity contribution in [2.45, 2.75) is 30.4 Å². The highest BCUT2D eigenvalue weighted by atomic mass is 32.2. The van der Waals surface area contributed by atoms with Gasteiger partial charge in [-0.15, -0.1) is 11.8 Å². The molecule has 90 valence electrons. The number of hydrogen-bond donors (Lipinski definition) is 1. The van der Waals surface area contributed by atoms with E-state index in [1.165, 1.54) is 11.8 Å². The van der Waals surface area contributed by atoms with E-state index in [0.29, 0.717) is 11.5 Å². The first kappa shape index (κ1) is 12.0. The molecule has 2 aromatic rings. The molecule has 1 aromatic carbocycles. The van der Waals surface area contributed by atoms with Crippen LogP contribution in [-0.2, 0) is 4.79 Å². The molecular weight excluding hydrogens is 238 g/mol. The van der Waals surface area contributed by atoms with Gasteiger partial charge >= 0.3 is 5.97 Å². The maximum atomic E-state index is 11.0. The standard InChI is InChI=1S/C12H13NO3S/c1-7-13-9-5-4-8(6-10(9)16-7)17-12(2,3)11(14)15/h4-6H,1-3H3,(H,14,15). The number of benzene rings is 1. The second-order valence-electron chi connectivity index (χ2n) is 4.28. The molecule has 0 saturated carbocycles. The summed E-state index contributed by atoms with van der Waals surface area (Å²) in [5.74, 6) is -0.226. The maximum Gasteiger partial charge on any atom is 0.319 e. The quantitative estimate of drug-likeness (QED) is 0.849. The number of carboxylic acid groups (broad SMARTS) is 1. The molecule has 0 atom stereocenters. The van der Waals surface area contributed by atoms with E-state index >= 15 is 0 Å². The zero-order valence-corrected chi connectivity index (χ0v) is 10.7. The largest absolute Gasteiger partial charge is 0.480 e. The number of aryl methyl sites for hydroxylation is 1. The minimum absolute atomic E-state index is 0.611. The van der Waals surface area contributed by atoms with Crippen LogP contribution in [0, 0.1) is 6.92 Å². The number of carboxylic acids is 1. The molecule has 0 saturated heterocycles. The van der Waals surface area contributed by atoms with Crippen LogP contribution in [0.25, 0.3) is 11.1 Å². The Labute approximate surface area is 103 Å². The summed E-state index contributed by atoms with van der Waals surface area (Å²) in [4.78, 5) is 16.1. The molecule has 4 nitrogen and oxygen atoms in total. The van der Waals surface area contributed by atoms with Gasteiger partial charge < -0.3 is 9.52 Å². The number of thioether (sulfide) groups is 1. The van der Waals surface area contributed by atoms with Crippen LogP contribution in [0.4, 0.5) is 0 Å². The summed E-state index contributed by atoms with van der Waals surface area (Å²) in [5.41, 5.74) is 1.48. The molecule has 0 bridgehead atoms. The molecule has 5 heteroatoms. The molecule has 0 amide bonds. The van der Waals surface area contributed by atoms with E-state index in [2.05, 4.69) is 4.98 Å². The van der Waals surface area contributed by atoms with Crippen LogP contribution in [0.5, 0.6) is 0 Å². The first-order valence-corrected chi connectivity index (χ1v) is 6.00. The Morgan fingerprint density at radius 3 is 2.82 bits per heavy atom. The number of hydrogen-bond acceptors (Lipinski definition) is 4. The fourth-order valence-electron chi connectivity index (χ4n) is 1.42. The fourth-order valence-corrected chi connectivity index (χ4v) is 2.40. The summed E-state index contributed by atoms with van der Waals surface area (Å²) >= 11 is 1.29. The Bertz CT molecular complexity index is 574. The number of carbonyl (C=O) groups is 1. The SMILES string of the molecule is Cc1nc2ccc(SC(C)(C)C(=O)O)cc2o1. The lowest BCUT2D eigenvalue weighted by Crippen LogP contribution is -2.26. The highest BCUT2D eigenvalue weighted by Gasteiger charge is 2.28. The first-order valence-electron chi connectivity index (χ1n) is 5.18. The molecule has 0 spiro atoms. The molecule has 17 heavy (non-hydrogen) atoms. The third kappa shape index (κ3) is 2.44. The van der Waals surface area contributed by atoms with E-state index in [-0.39, 0.29) is 0 Å². The third-order valence-corrected chi connectivity index (χ3v) is 3.53. The molecule has 2 rings (SSSR count). The summed E-state index contributed by atoms with van der Waals surface area (Å²) in [6.07, 6.45) is 0. The number of oxazole rings is 1. The van der Waals surface area contributed by atoms with Gasteiger partial charge in [0.1, 0.15) is 10.3 Å². The van der Waals surface area contributed by atoms with Gasteiger partial charge in [-0.2, -0.15) is 0 Å². The first-order chi connectivity index (χ1) is 7.88. The Morgan fingerprint density at radius 1 is 1.47 bits per heavy atom. The molecule has 0 aliphatic heterocycles. The molecular formula is C12H13NO3S. The molecule has 1 aromatic heterocycles. The summed E-state index contributed by atoms with van der Waals surface area (Å²) in [7, 11) is 0. The van der Waals surface area contributed by atoms with Crippen molar-refractivity contribution in [1.82, 2.24) is 4.98 Å². The predicted molar refractivity (Wildman–Crippen MR) is 66.3 cm³/mol. The van der Waals surface area contributed by atoms with Crippen molar-refractivity contribution in [3.63, 3.8) is 0 Å². The van der Waals surface area contributed by atoms with Gasteiger partial charge in [-0.05, 0) is 32.0 Å². The van der Waals surface area contributed by atoms with E-state index in [4.69, 9.17) is 9.52 Å². The highest BCUT2D eigenvalue weighted by Crippen LogP contribution is 2.34. The second kappa shape index (κ2) is 4.07. The van der Waals surface area contributed by atoms with Crippen molar-refractivity contribution >= 4 is 28.8 Å². The normalized spacial score (nSPS) is 11.9. The lowest BCUT2D eigenvalue weighted by Gasteiger charge is -2.17. The monoisotopic (exact) mass is 251 g/mol. The van der Waals surface area contributed by atoms with E-state index in [1.807, 2.05) is 18.2 Å². The Hall–Kier alpha value is -1.49. The van der Waals surface area contributed by atoms with E-state index in [9.17, 15) is 4.79 Å². The zero-order chi connectivity index (χ0) is 12.6. The average Bonchev–Trinajstić information content (AvgIpc) is 2.56. The molecule has 0 unspecified atom stereocenters. The lowest BCUT2D eigenvalue weighted by molar-refractivity contribution is -0.138. The molecule has 0 aliphatic carbocycles. The van der Waals surface area contributed by atoms with Gasteiger partial charge in [0.25, 0.3) is 0 Å². The molecule has 0 aliphatic rings. The van der Waals surface area contributed by atoms with E-state index < -0.39 is 10.7 Å². The predicted octanol–water partition coefficient (Wildman–Crippen LogP) is 3.09. The molecule has 1 N–H and O–H groups in total. The van der Waals surface area contributed by atoms with Gasteiger partial charge in [0.15, 0.2) is 11.5 Å². The van der Waals surface area contributed by atoms with Crippen molar-refractivity contribution < 1.29 is 14.3 Å². The Kier molecular flexibility index (Phi) is 2.87. The van der Waals surface area contributed by atoms with Crippen LogP contribution >= 0.6 is 11.8 Å². The summed E-state index contributed by atoms with van der Waals surface area (Å²) in [5, 5.41) is 9.06. The van der Waals surface area contributed by atoms with Crippen LogP contribution in [0.3, 0.4) is 0 Å². The van der Waals surface area contributed by atoms with Gasteiger partial charge in [0.2, 0.25) is 0 Å². The van der Waals surface area contributed by atoms with Crippen molar-refractivity contribution in [3.8, 4) is 0 Å². The molecule has 0 radical (unpaired) electrons. The van der Waals surface area contributed by atoms with Gasteiger partial charge in [-0.1, -0.05) is 0 Å². The van der Waals surface area contributed by atoms with Crippen molar-refractivity contribution in [2.24, 2.45) is 0 Å². The van der Waals surface area contributed by atoms with Crippen LogP contribution in [0.1, 0.15) is 19.7 Å². The highest BCUT2D eigenvalue weighted by molar-refractivity contribution is 8.01. The summed E-state index contributed by atoms with van der Waals surface area (Å²) in [6.45, 7) is 5.14. The van der Waals surface area contributed by atoms with Crippen LogP contribution in [0.2, 0.25) is 0 Å². The number of nitrogens with zero attached hydrogens (tertiary/aromatic N) is 1. The molecule has 0 fully saturated rings. The van der Waals surface area contributed by atoms with Crippen LogP contribution in [-0.4, -0.2) is 20.8 Å². The van der Waals surface area contributed by atoms with Gasteiger partial charge in [-0.25, -0.2) is 4.98 Å². The fraction of sp³-hybridized carbons (Fsp3) is 0.333. The third-order valence-electron chi connectivity index (χ3n) is 2.35. The average molecular weight is 251 g/mol. The van der Waals surface area contributed by atoms with Gasteiger partial charge in [0, 0.05) is 11.8 Å². The Balaban J connectivity index is 2.34. The van der Waals surface area contributed by atoms with Crippen LogP contribution < -0.4 is 0 Å². The summed E-state index contributed by atoms with van der Waals surface area (Å²) < 4.78 is 4.55. The van der Waals surface area contributed by atoms with Crippen molar-refractivity contribution in [2.75, 3.05) is 0 Å². The Morgan fingerprint density at radius 2 is 2.18 bits per heavy atom. The van der Waals surface area contributed by atoms with Crippen LogP contribution in [0.15, 0.2) is 27.5 Å². The van der Waals surface area contributed by atoms with Crippen molar-refractivity contribution in [1.29, 1.82) is 0 Å². The van der Waals surface area contributed by atoms with Crippen molar-refractivity contribution in [3.05, 3.63) is 24.1 Å². The number of aromatic nitrogens is 1. The summed E-state index contributed by atoms with van der Waals surface area (Å²) in [6, 6.07) is 5.52. The number of fused-ring (bicyclic) bond motifs is 1. The topological polar surface area (TPSA) is 63.3 Å². The minimum Gasteiger partial charge on any atom is -0.480 e. The number of aliphatic carboxylic acids is 1. The second-order valence-corrected chi connectivity index (χ2v) is 5.98.